The maximum Gasteiger partial charge on any atom is 0.313 e. The third-order valence-corrected chi connectivity index (χ3v) is 4.48. The summed E-state index contributed by atoms with van der Waals surface area (Å²) in [7, 11) is 0. The molecule has 1 aromatic heterocycles. The van der Waals surface area contributed by atoms with Crippen LogP contribution < -0.4 is 0 Å². The lowest BCUT2D eigenvalue weighted by atomic mass is 10.3. The summed E-state index contributed by atoms with van der Waals surface area (Å²) >= 11 is 4.35. The third-order valence-electron chi connectivity index (χ3n) is 2.94. The van der Waals surface area contributed by atoms with Crippen LogP contribution in [0.15, 0.2) is 21.8 Å². The zero-order valence-electron chi connectivity index (χ0n) is 9.77. The van der Waals surface area contributed by atoms with Crippen molar-refractivity contribution >= 4 is 44.7 Å². The molecule has 0 amide bonds. The first-order valence-corrected chi connectivity index (χ1v) is 7.55. The van der Waals surface area contributed by atoms with E-state index in [1.54, 1.807) is 6.07 Å². The van der Waals surface area contributed by atoms with Crippen molar-refractivity contribution in [2.45, 2.75) is 24.0 Å². The van der Waals surface area contributed by atoms with Gasteiger partial charge in [0.15, 0.2) is 5.16 Å². The largest absolute Gasteiger partial charge is 0.481 e. The predicted octanol–water partition coefficient (Wildman–Crippen LogP) is 3.45. The van der Waals surface area contributed by atoms with Crippen molar-refractivity contribution in [3.63, 3.8) is 0 Å². The highest BCUT2D eigenvalue weighted by Crippen LogP contribution is 2.41. The molecule has 0 bridgehead atoms. The van der Waals surface area contributed by atoms with Gasteiger partial charge in [-0.05, 0) is 34.8 Å². The van der Waals surface area contributed by atoms with Gasteiger partial charge in [0.25, 0.3) is 0 Å². The summed E-state index contributed by atoms with van der Waals surface area (Å²) in [5.74, 6) is -1.28. The van der Waals surface area contributed by atoms with E-state index >= 15 is 0 Å². The van der Waals surface area contributed by atoms with Crippen LogP contribution in [0.5, 0.6) is 0 Å². The number of benzene rings is 1. The second-order valence-electron chi connectivity index (χ2n) is 4.43. The molecule has 0 atom stereocenters. The molecule has 4 nitrogen and oxygen atoms in total. The normalized spacial score (nSPS) is 15.1. The third kappa shape index (κ3) is 2.49. The average Bonchev–Trinajstić information content (AvgIpc) is 3.11. The molecule has 0 aliphatic heterocycles. The molecule has 1 aliphatic rings. The van der Waals surface area contributed by atoms with Crippen molar-refractivity contribution in [3.05, 3.63) is 22.4 Å². The SMILES string of the molecule is O=C(O)CSc1nc2cc(F)c(Br)cc2n1C1CC1. The zero-order valence-corrected chi connectivity index (χ0v) is 12.2. The second-order valence-corrected chi connectivity index (χ2v) is 6.23. The fourth-order valence-electron chi connectivity index (χ4n) is 1.98. The number of carbonyl (C=O) groups is 1. The minimum absolute atomic E-state index is 0.0420. The van der Waals surface area contributed by atoms with E-state index < -0.39 is 5.97 Å². The van der Waals surface area contributed by atoms with Crippen molar-refractivity contribution in [3.8, 4) is 0 Å². The number of imidazole rings is 1. The number of carboxylic acid groups (broad SMARTS) is 1. The van der Waals surface area contributed by atoms with Crippen molar-refractivity contribution in [2.75, 3.05) is 5.75 Å². The van der Waals surface area contributed by atoms with Crippen molar-refractivity contribution < 1.29 is 14.3 Å². The van der Waals surface area contributed by atoms with Crippen LogP contribution in [0.2, 0.25) is 0 Å². The number of aliphatic carboxylic acids is 1. The van der Waals surface area contributed by atoms with Gasteiger partial charge in [-0.3, -0.25) is 4.79 Å². The Labute approximate surface area is 121 Å². The van der Waals surface area contributed by atoms with Gasteiger partial charge in [-0.1, -0.05) is 11.8 Å². The quantitative estimate of drug-likeness (QED) is 0.863. The summed E-state index contributed by atoms with van der Waals surface area (Å²) in [5, 5.41) is 9.41. The van der Waals surface area contributed by atoms with E-state index in [1.165, 1.54) is 17.8 Å². The fourth-order valence-corrected chi connectivity index (χ4v) is 3.12. The summed E-state index contributed by atoms with van der Waals surface area (Å²) in [5.41, 5.74) is 1.42. The van der Waals surface area contributed by atoms with Gasteiger partial charge >= 0.3 is 5.97 Å². The number of halogens is 2. The minimum Gasteiger partial charge on any atom is -0.481 e. The Bertz CT molecular complexity index is 669. The van der Waals surface area contributed by atoms with Crippen molar-refractivity contribution in [1.82, 2.24) is 9.55 Å². The van der Waals surface area contributed by atoms with Gasteiger partial charge in [-0.25, -0.2) is 9.37 Å². The van der Waals surface area contributed by atoms with Gasteiger partial charge in [0, 0.05) is 12.1 Å². The van der Waals surface area contributed by atoms with E-state index in [0.717, 1.165) is 18.4 Å². The van der Waals surface area contributed by atoms with Crippen LogP contribution in [-0.2, 0) is 4.79 Å². The topological polar surface area (TPSA) is 55.1 Å². The summed E-state index contributed by atoms with van der Waals surface area (Å²) in [6, 6.07) is 3.45. The molecule has 1 N–H and O–H groups in total. The molecule has 19 heavy (non-hydrogen) atoms. The lowest BCUT2D eigenvalue weighted by Gasteiger charge is -2.06. The smallest absolute Gasteiger partial charge is 0.313 e. The molecule has 0 radical (unpaired) electrons. The molecule has 0 saturated heterocycles. The Morgan fingerprint density at radius 3 is 2.95 bits per heavy atom. The first-order chi connectivity index (χ1) is 9.06. The summed E-state index contributed by atoms with van der Waals surface area (Å²) < 4.78 is 15.9. The molecule has 0 unspecified atom stereocenters. The van der Waals surface area contributed by atoms with E-state index in [4.69, 9.17) is 5.11 Å². The molecule has 100 valence electrons. The lowest BCUT2D eigenvalue weighted by Crippen LogP contribution is -2.01. The standard InChI is InChI=1S/C12H10BrFN2O2S/c13-7-3-10-9(4-8(7)14)15-12(19-5-11(17)18)16(10)6-1-2-6/h3-4,6H,1-2,5H2,(H,17,18). The number of hydrogen-bond donors (Lipinski definition) is 1. The predicted molar refractivity (Wildman–Crippen MR) is 74.0 cm³/mol. The minimum atomic E-state index is -0.883. The van der Waals surface area contributed by atoms with E-state index in [1.807, 2.05) is 4.57 Å². The average molecular weight is 345 g/mol. The lowest BCUT2D eigenvalue weighted by molar-refractivity contribution is -0.133. The van der Waals surface area contributed by atoms with Gasteiger partial charge in [-0.2, -0.15) is 0 Å². The van der Waals surface area contributed by atoms with Crippen LogP contribution in [0.4, 0.5) is 4.39 Å². The zero-order chi connectivity index (χ0) is 13.6. The molecule has 1 aliphatic carbocycles. The van der Waals surface area contributed by atoms with Crippen LogP contribution in [0, 0.1) is 5.82 Å². The molecule has 0 spiro atoms. The fraction of sp³-hybridized carbons (Fsp3) is 0.333. The highest BCUT2D eigenvalue weighted by Gasteiger charge is 2.29. The van der Waals surface area contributed by atoms with Crippen LogP contribution in [0.25, 0.3) is 11.0 Å². The molecule has 1 heterocycles. The Hall–Kier alpha value is -1.08. The second kappa shape index (κ2) is 4.79. The monoisotopic (exact) mass is 344 g/mol. The highest BCUT2D eigenvalue weighted by molar-refractivity contribution is 9.10. The van der Waals surface area contributed by atoms with Crippen LogP contribution in [-0.4, -0.2) is 26.4 Å². The van der Waals surface area contributed by atoms with E-state index in [-0.39, 0.29) is 11.6 Å². The maximum absolute atomic E-state index is 13.5. The van der Waals surface area contributed by atoms with Crippen LogP contribution in [0.1, 0.15) is 18.9 Å². The maximum atomic E-state index is 13.5. The number of fused-ring (bicyclic) bond motifs is 1. The molecule has 7 heteroatoms. The molecular formula is C12H10BrFN2O2S. The Balaban J connectivity index is 2.10. The summed E-state index contributed by atoms with van der Waals surface area (Å²) in [4.78, 5) is 15.0. The van der Waals surface area contributed by atoms with Crippen LogP contribution in [0.3, 0.4) is 0 Å². The Kier molecular flexibility index (Phi) is 3.26. The van der Waals surface area contributed by atoms with E-state index in [0.29, 0.717) is 21.2 Å². The molecule has 2 aromatic rings. The van der Waals surface area contributed by atoms with Crippen molar-refractivity contribution in [2.24, 2.45) is 0 Å². The van der Waals surface area contributed by atoms with E-state index in [2.05, 4.69) is 20.9 Å². The van der Waals surface area contributed by atoms with Gasteiger partial charge in [0.1, 0.15) is 5.82 Å². The van der Waals surface area contributed by atoms with Gasteiger partial charge in [0.05, 0.1) is 21.3 Å². The molecular weight excluding hydrogens is 335 g/mol. The first kappa shape index (κ1) is 12.9. The Morgan fingerprint density at radius 1 is 1.58 bits per heavy atom. The van der Waals surface area contributed by atoms with E-state index in [9.17, 15) is 9.18 Å². The number of aromatic nitrogens is 2. The Morgan fingerprint density at radius 2 is 2.32 bits per heavy atom. The molecule has 1 fully saturated rings. The van der Waals surface area contributed by atoms with Gasteiger partial charge in [-0.15, -0.1) is 0 Å². The van der Waals surface area contributed by atoms with Gasteiger partial charge < -0.3 is 9.67 Å². The summed E-state index contributed by atoms with van der Waals surface area (Å²) in [6.45, 7) is 0. The summed E-state index contributed by atoms with van der Waals surface area (Å²) in [6.07, 6.45) is 2.11. The van der Waals surface area contributed by atoms with Gasteiger partial charge in [0.2, 0.25) is 0 Å². The number of rotatable bonds is 4. The number of nitrogens with zero attached hydrogens (tertiary/aromatic N) is 2. The number of thioether (sulfide) groups is 1. The van der Waals surface area contributed by atoms with Crippen molar-refractivity contribution in [1.29, 1.82) is 0 Å². The first-order valence-electron chi connectivity index (χ1n) is 5.78. The highest BCUT2D eigenvalue weighted by atomic mass is 79.9. The number of hydrogen-bond acceptors (Lipinski definition) is 3. The molecule has 3 rings (SSSR count). The van der Waals surface area contributed by atoms with Crippen LogP contribution >= 0.6 is 27.7 Å². The molecule has 1 aromatic carbocycles. The number of carboxylic acids is 1. The molecule has 1 saturated carbocycles.